The van der Waals surface area contributed by atoms with Crippen molar-refractivity contribution in [2.75, 3.05) is 26.0 Å². The number of nitrogens with zero attached hydrogens (tertiary/aromatic N) is 1. The molecule has 13 heteroatoms. The number of carbonyl (C=O) groups is 1. The van der Waals surface area contributed by atoms with Crippen molar-refractivity contribution in [3.63, 3.8) is 0 Å². The molecule has 6 N–H and O–H groups in total. The number of amides is 1. The molecule has 0 aliphatic heterocycles. The van der Waals surface area contributed by atoms with Crippen molar-refractivity contribution < 1.29 is 36.9 Å². The number of ether oxygens (including phenoxy) is 1. The van der Waals surface area contributed by atoms with Crippen LogP contribution < -0.4 is 16.4 Å². The van der Waals surface area contributed by atoms with Crippen LogP contribution in [0.1, 0.15) is 56.6 Å². The number of hydrogen-bond donors (Lipinski definition) is 5. The van der Waals surface area contributed by atoms with Crippen molar-refractivity contribution in [3.8, 4) is 0 Å². The van der Waals surface area contributed by atoms with E-state index in [4.69, 9.17) is 10.5 Å². The Kier molecular flexibility index (Phi) is 14.0. The molecule has 3 atom stereocenters. The lowest BCUT2D eigenvalue weighted by Gasteiger charge is -2.32. The quantitative estimate of drug-likeness (QED) is 0.0941. The lowest BCUT2D eigenvalue weighted by Crippen LogP contribution is -2.46. The minimum atomic E-state index is -3.90. The topological polar surface area (TPSA) is 154 Å². The van der Waals surface area contributed by atoms with Crippen molar-refractivity contribution in [2.24, 2.45) is 0 Å². The summed E-state index contributed by atoms with van der Waals surface area (Å²) in [5.41, 5.74) is 7.15. The maximum absolute atomic E-state index is 14.4. The Morgan fingerprint density at radius 2 is 1.60 bits per heavy atom. The molecule has 0 spiro atoms. The van der Waals surface area contributed by atoms with Gasteiger partial charge in [0.1, 0.15) is 17.9 Å². The average Bonchev–Trinajstić information content (AvgIpc) is 3.04. The molecule has 0 aliphatic rings. The number of sulfonamides is 1. The lowest BCUT2D eigenvalue weighted by atomic mass is 9.83. The number of anilines is 1. The Labute approximate surface area is 275 Å². The Morgan fingerprint density at radius 1 is 1.00 bits per heavy atom. The number of aliphatic hydroxyl groups is 2. The molecule has 10 nitrogen and oxygen atoms in total. The number of methoxy groups -OCH3 is 1. The number of benzene rings is 3. The number of nitrogen functional groups attached to an aromatic ring is 1. The zero-order valence-corrected chi connectivity index (χ0v) is 27.6. The summed E-state index contributed by atoms with van der Waals surface area (Å²) in [6.07, 6.45) is 1.81. The van der Waals surface area contributed by atoms with E-state index in [0.29, 0.717) is 42.5 Å². The third-order valence-corrected chi connectivity index (χ3v) is 9.78. The fraction of sp³-hybridized carbons (Fsp3) is 0.382. The monoisotopic (exact) mass is 674 g/mol. The minimum Gasteiger partial charge on any atom is -0.514 e. The highest BCUT2D eigenvalue weighted by molar-refractivity contribution is 7.89. The molecule has 3 aromatic rings. The molecule has 0 saturated heterocycles. The molecular formula is C34H44F2N4O6S. The van der Waals surface area contributed by atoms with Crippen molar-refractivity contribution in [1.82, 2.24) is 14.9 Å². The van der Waals surface area contributed by atoms with E-state index < -0.39 is 45.8 Å². The summed E-state index contributed by atoms with van der Waals surface area (Å²) in [7, 11) is -2.73. The summed E-state index contributed by atoms with van der Waals surface area (Å²) < 4.78 is 61.9. The van der Waals surface area contributed by atoms with Crippen LogP contribution in [0.3, 0.4) is 0 Å². The molecule has 0 radical (unpaired) electrons. The predicted octanol–water partition coefficient (Wildman–Crippen LogP) is 5.41. The Bertz CT molecular complexity index is 1540. The van der Waals surface area contributed by atoms with Crippen LogP contribution in [0.15, 0.2) is 89.7 Å². The molecular weight excluding hydrogens is 630 g/mol. The van der Waals surface area contributed by atoms with Gasteiger partial charge in [-0.1, -0.05) is 31.2 Å². The molecule has 0 unspecified atom stereocenters. The first-order valence-corrected chi connectivity index (χ1v) is 16.8. The van der Waals surface area contributed by atoms with Gasteiger partial charge in [0.25, 0.3) is 0 Å². The SMILES string of the molecule is CCCN([C@H](CO)CCC[C@H](C)N/C(=C\O)[C@@H](NC(=O)OC)C(c1cccc(F)c1)c1cccc(F)c1)S(=O)(=O)c1ccc(N)cc1. The van der Waals surface area contributed by atoms with Gasteiger partial charge in [0.15, 0.2) is 0 Å². The highest BCUT2D eigenvalue weighted by atomic mass is 32.2. The van der Waals surface area contributed by atoms with Crippen molar-refractivity contribution >= 4 is 21.8 Å². The van der Waals surface area contributed by atoms with Crippen LogP contribution in [0.4, 0.5) is 19.3 Å². The first kappa shape index (κ1) is 37.3. The largest absolute Gasteiger partial charge is 0.514 e. The number of nitrogens with one attached hydrogen (secondary N) is 2. The minimum absolute atomic E-state index is 0.0849. The molecule has 0 aliphatic carbocycles. The van der Waals surface area contributed by atoms with Crippen molar-refractivity contribution in [3.05, 3.63) is 108 Å². The van der Waals surface area contributed by atoms with Gasteiger partial charge in [-0.25, -0.2) is 22.0 Å². The van der Waals surface area contributed by atoms with E-state index in [2.05, 4.69) is 10.6 Å². The van der Waals surface area contributed by atoms with E-state index in [0.717, 1.165) is 6.26 Å². The van der Waals surface area contributed by atoms with Gasteiger partial charge >= 0.3 is 6.09 Å². The van der Waals surface area contributed by atoms with Crippen LogP contribution in [-0.2, 0) is 14.8 Å². The van der Waals surface area contributed by atoms with Gasteiger partial charge in [0.2, 0.25) is 10.0 Å². The number of alkyl carbamates (subject to hydrolysis) is 1. The molecule has 0 fully saturated rings. The van der Waals surface area contributed by atoms with Crippen LogP contribution in [0.5, 0.6) is 0 Å². The second-order valence-electron chi connectivity index (χ2n) is 11.3. The summed E-state index contributed by atoms with van der Waals surface area (Å²) in [6, 6.07) is 15.2. The molecule has 0 heterocycles. The fourth-order valence-electron chi connectivity index (χ4n) is 5.55. The smallest absolute Gasteiger partial charge is 0.407 e. The number of hydrogen-bond acceptors (Lipinski definition) is 8. The summed E-state index contributed by atoms with van der Waals surface area (Å²) in [5, 5.41) is 26.5. The second kappa shape index (κ2) is 17.6. The number of rotatable bonds is 17. The van der Waals surface area contributed by atoms with Crippen molar-refractivity contribution in [2.45, 2.75) is 68.5 Å². The van der Waals surface area contributed by atoms with Gasteiger partial charge in [-0.3, -0.25) is 0 Å². The molecule has 1 amide bonds. The van der Waals surface area contributed by atoms with Gasteiger partial charge in [-0.05, 0) is 92.3 Å². The normalized spacial score (nSPS) is 14.1. The molecule has 0 aromatic heterocycles. The maximum atomic E-state index is 14.4. The van der Waals surface area contributed by atoms with E-state index in [1.165, 1.54) is 72.1 Å². The molecule has 47 heavy (non-hydrogen) atoms. The third kappa shape index (κ3) is 10.1. The van der Waals surface area contributed by atoms with Gasteiger partial charge in [-0.2, -0.15) is 4.31 Å². The van der Waals surface area contributed by atoms with E-state index in [1.54, 1.807) is 12.1 Å². The van der Waals surface area contributed by atoms with E-state index in [1.807, 2.05) is 13.8 Å². The Balaban J connectivity index is 1.82. The Morgan fingerprint density at radius 3 is 2.09 bits per heavy atom. The highest BCUT2D eigenvalue weighted by Gasteiger charge is 2.33. The molecule has 3 aromatic carbocycles. The molecule has 0 bridgehead atoms. The summed E-state index contributed by atoms with van der Waals surface area (Å²) in [5.74, 6) is -1.92. The van der Waals surface area contributed by atoms with Crippen LogP contribution in [0, 0.1) is 11.6 Å². The molecule has 0 saturated carbocycles. The van der Waals surface area contributed by atoms with Gasteiger partial charge < -0.3 is 31.3 Å². The summed E-state index contributed by atoms with van der Waals surface area (Å²) in [4.78, 5) is 12.6. The van der Waals surface area contributed by atoms with Crippen LogP contribution in [0.25, 0.3) is 0 Å². The fourth-order valence-corrected chi connectivity index (χ4v) is 7.29. The first-order valence-electron chi connectivity index (χ1n) is 15.4. The average molecular weight is 675 g/mol. The first-order chi connectivity index (χ1) is 22.4. The van der Waals surface area contributed by atoms with Crippen LogP contribution in [-0.4, -0.2) is 67.4 Å². The number of carbonyl (C=O) groups excluding carboxylic acids is 1. The van der Waals surface area contributed by atoms with E-state index >= 15 is 0 Å². The van der Waals surface area contributed by atoms with Crippen LogP contribution >= 0.6 is 0 Å². The summed E-state index contributed by atoms with van der Waals surface area (Å²) >= 11 is 0. The predicted molar refractivity (Wildman–Crippen MR) is 177 cm³/mol. The van der Waals surface area contributed by atoms with Gasteiger partial charge in [-0.15, -0.1) is 0 Å². The highest BCUT2D eigenvalue weighted by Crippen LogP contribution is 2.32. The number of aliphatic hydroxyl groups excluding tert-OH is 2. The zero-order chi connectivity index (χ0) is 34.6. The van der Waals surface area contributed by atoms with Crippen LogP contribution in [0.2, 0.25) is 0 Å². The van der Waals surface area contributed by atoms with Crippen molar-refractivity contribution in [1.29, 1.82) is 0 Å². The number of halogens is 2. The molecule has 256 valence electrons. The standard InChI is InChI=1S/C34H44F2N4O6S/c1-4-18-40(47(44,45)30-16-14-28(37)15-17-30)29(21-41)13-5-8-23(2)38-31(22-42)33(39-34(43)46-3)32(24-9-6-11-26(35)19-24)25-10-7-12-27(36)20-25/h6-7,9-12,14-17,19-20,22-23,29,32-33,38,41-42H,4-5,8,13,18,21,37H2,1-3H3,(H,39,43)/b31-22-/t23-,29-,33+/m0/s1. The summed E-state index contributed by atoms with van der Waals surface area (Å²) in [6.45, 7) is 3.52. The maximum Gasteiger partial charge on any atom is 0.407 e. The number of nitrogens with two attached hydrogens (primary N) is 1. The van der Waals surface area contributed by atoms with E-state index in [9.17, 15) is 32.2 Å². The van der Waals surface area contributed by atoms with Gasteiger partial charge in [0.05, 0.1) is 30.4 Å². The second-order valence-corrected chi connectivity index (χ2v) is 13.2. The van der Waals surface area contributed by atoms with E-state index in [-0.39, 0.29) is 29.8 Å². The molecule has 3 rings (SSSR count). The van der Waals surface area contributed by atoms with Gasteiger partial charge in [0, 0.05) is 30.2 Å². The third-order valence-electron chi connectivity index (χ3n) is 7.82. The lowest BCUT2D eigenvalue weighted by molar-refractivity contribution is 0.166. The zero-order valence-electron chi connectivity index (χ0n) is 26.8. The Hall–Kier alpha value is -4.20.